The van der Waals surface area contributed by atoms with E-state index in [1.165, 1.54) is 0 Å². The van der Waals surface area contributed by atoms with E-state index in [1.807, 2.05) is 0 Å². The zero-order valence-corrected chi connectivity index (χ0v) is 15.1. The van der Waals surface area contributed by atoms with Gasteiger partial charge in [0, 0.05) is 0 Å². The summed E-state index contributed by atoms with van der Waals surface area (Å²) in [7, 11) is 0. The van der Waals surface area contributed by atoms with Crippen LogP contribution in [0.2, 0.25) is 0 Å². The third kappa shape index (κ3) is 5.57. The Morgan fingerprint density at radius 2 is 1.38 bits per heavy atom. The van der Waals surface area contributed by atoms with Gasteiger partial charge in [0.2, 0.25) is 6.29 Å². The van der Waals surface area contributed by atoms with Crippen LogP contribution in [-0.2, 0) is 28.5 Å². The number of carbonyl (C=O) groups is 1. The van der Waals surface area contributed by atoms with Gasteiger partial charge in [-0.15, -0.1) is 0 Å². The van der Waals surface area contributed by atoms with E-state index in [9.17, 15) is 35.4 Å². The summed E-state index contributed by atoms with van der Waals surface area (Å²) < 4.78 is 25.0. The first-order chi connectivity index (χ1) is 13.7. The predicted molar refractivity (Wildman–Crippen MR) is 85.5 cm³/mol. The van der Waals surface area contributed by atoms with E-state index in [0.29, 0.717) is 0 Å². The van der Waals surface area contributed by atoms with Crippen molar-refractivity contribution in [2.24, 2.45) is 0 Å². The Balaban J connectivity index is 1.94. The predicted octanol–water partition coefficient (Wildman–Crippen LogP) is -5.88. The molecule has 0 aliphatic carbocycles. The SMILES string of the molecule is O=COC1OC(CO)C(O)C(O)C1OCC(O)OC1OC(CO)C(O)C(O)C1O. The fourth-order valence-electron chi connectivity index (χ4n) is 2.97. The summed E-state index contributed by atoms with van der Waals surface area (Å²) in [5.74, 6) is 0. The lowest BCUT2D eigenvalue weighted by atomic mass is 9.99. The number of hydrogen-bond donors (Lipinski definition) is 8. The number of aliphatic hydroxyl groups is 8. The molecule has 2 aliphatic rings. The van der Waals surface area contributed by atoms with Crippen LogP contribution >= 0.6 is 0 Å². The van der Waals surface area contributed by atoms with Gasteiger partial charge < -0.3 is 64.5 Å². The van der Waals surface area contributed by atoms with E-state index in [2.05, 4.69) is 4.74 Å². The van der Waals surface area contributed by atoms with Gasteiger partial charge in [0.15, 0.2) is 12.6 Å². The van der Waals surface area contributed by atoms with Gasteiger partial charge in [-0.3, -0.25) is 4.79 Å². The fourth-order valence-corrected chi connectivity index (χ4v) is 2.97. The quantitative estimate of drug-likeness (QED) is 0.126. The summed E-state index contributed by atoms with van der Waals surface area (Å²) >= 11 is 0. The number of carbonyl (C=O) groups excluding carboxylic acids is 1. The number of aliphatic hydroxyl groups excluding tert-OH is 8. The minimum atomic E-state index is -1.81. The highest BCUT2D eigenvalue weighted by molar-refractivity contribution is 5.37. The second-order valence-corrected chi connectivity index (χ2v) is 6.52. The standard InChI is InChI=1S/C15H26O14/c16-1-5-8(20)10(22)12(24)14(27-5)29-7(19)3-25-13-11(23)9(21)6(2-17)28-15(13)26-4-18/h4-17,19-24H,1-3H2. The lowest BCUT2D eigenvalue weighted by Gasteiger charge is -2.41. The van der Waals surface area contributed by atoms with Gasteiger partial charge in [-0.2, -0.15) is 0 Å². The molecule has 0 radical (unpaired) electrons. The molecular weight excluding hydrogens is 404 g/mol. The van der Waals surface area contributed by atoms with Gasteiger partial charge in [0.05, 0.1) is 19.8 Å². The molecule has 14 nitrogen and oxygen atoms in total. The van der Waals surface area contributed by atoms with Crippen LogP contribution in [0.15, 0.2) is 0 Å². The van der Waals surface area contributed by atoms with Gasteiger partial charge in [-0.1, -0.05) is 0 Å². The van der Waals surface area contributed by atoms with Gasteiger partial charge in [0.1, 0.15) is 48.8 Å². The third-order valence-corrected chi connectivity index (χ3v) is 4.59. The van der Waals surface area contributed by atoms with Crippen LogP contribution in [0.4, 0.5) is 0 Å². The summed E-state index contributed by atoms with van der Waals surface area (Å²) in [6.45, 7) is -2.07. The molecule has 0 aromatic heterocycles. The second-order valence-electron chi connectivity index (χ2n) is 6.52. The fraction of sp³-hybridized carbons (Fsp3) is 0.933. The molecule has 0 aromatic carbocycles. The van der Waals surface area contributed by atoms with E-state index < -0.39 is 87.5 Å². The molecular formula is C15H26O14. The van der Waals surface area contributed by atoms with Gasteiger partial charge in [0.25, 0.3) is 6.47 Å². The van der Waals surface area contributed by atoms with E-state index in [4.69, 9.17) is 29.2 Å². The largest absolute Gasteiger partial charge is 0.435 e. The van der Waals surface area contributed by atoms with Gasteiger partial charge in [-0.05, 0) is 0 Å². The molecule has 0 aromatic rings. The van der Waals surface area contributed by atoms with Crippen molar-refractivity contribution in [2.75, 3.05) is 19.8 Å². The molecule has 170 valence electrons. The molecule has 2 fully saturated rings. The monoisotopic (exact) mass is 430 g/mol. The molecule has 11 unspecified atom stereocenters. The van der Waals surface area contributed by atoms with E-state index >= 15 is 0 Å². The Bertz CT molecular complexity index is 505. The zero-order chi connectivity index (χ0) is 21.7. The van der Waals surface area contributed by atoms with E-state index in [-0.39, 0.29) is 6.47 Å². The minimum Gasteiger partial charge on any atom is -0.435 e. The normalized spacial score (nSPS) is 44.3. The topological polar surface area (TPSA) is 225 Å². The minimum absolute atomic E-state index is 0.000757. The van der Waals surface area contributed by atoms with Crippen molar-refractivity contribution in [1.29, 1.82) is 0 Å². The van der Waals surface area contributed by atoms with Crippen LogP contribution in [0.1, 0.15) is 0 Å². The van der Waals surface area contributed by atoms with Crippen LogP contribution in [0.25, 0.3) is 0 Å². The van der Waals surface area contributed by atoms with Crippen LogP contribution in [-0.4, -0.2) is 135 Å². The van der Waals surface area contributed by atoms with Crippen LogP contribution < -0.4 is 0 Å². The summed E-state index contributed by atoms with van der Waals surface area (Å²) in [6.07, 6.45) is -17.3. The Morgan fingerprint density at radius 1 is 0.828 bits per heavy atom. The summed E-state index contributed by atoms with van der Waals surface area (Å²) in [5.41, 5.74) is 0. The van der Waals surface area contributed by atoms with Crippen molar-refractivity contribution in [1.82, 2.24) is 0 Å². The molecule has 0 amide bonds. The molecule has 29 heavy (non-hydrogen) atoms. The summed E-state index contributed by atoms with van der Waals surface area (Å²) in [5, 5.41) is 77.4. The Hall–Kier alpha value is -1.01. The maximum atomic E-state index is 10.6. The molecule has 11 atom stereocenters. The number of ether oxygens (including phenoxy) is 5. The van der Waals surface area contributed by atoms with Crippen molar-refractivity contribution in [3.63, 3.8) is 0 Å². The lowest BCUT2D eigenvalue weighted by molar-refractivity contribution is -0.344. The molecule has 0 saturated carbocycles. The molecule has 8 N–H and O–H groups in total. The zero-order valence-electron chi connectivity index (χ0n) is 15.1. The Morgan fingerprint density at radius 3 is 1.93 bits per heavy atom. The molecule has 2 aliphatic heterocycles. The van der Waals surface area contributed by atoms with Crippen molar-refractivity contribution in [3.05, 3.63) is 0 Å². The maximum absolute atomic E-state index is 10.6. The molecule has 2 heterocycles. The molecule has 2 saturated heterocycles. The molecule has 0 bridgehead atoms. The maximum Gasteiger partial charge on any atom is 0.295 e. The summed E-state index contributed by atoms with van der Waals surface area (Å²) in [6, 6.07) is 0. The van der Waals surface area contributed by atoms with E-state index in [1.54, 1.807) is 0 Å². The average Bonchev–Trinajstić information content (AvgIpc) is 2.70. The van der Waals surface area contributed by atoms with E-state index in [0.717, 1.165) is 0 Å². The summed E-state index contributed by atoms with van der Waals surface area (Å²) in [4.78, 5) is 10.6. The third-order valence-electron chi connectivity index (χ3n) is 4.59. The van der Waals surface area contributed by atoms with Gasteiger partial charge in [-0.25, -0.2) is 0 Å². The smallest absolute Gasteiger partial charge is 0.295 e. The highest BCUT2D eigenvalue weighted by Gasteiger charge is 2.47. The first-order valence-corrected chi connectivity index (χ1v) is 8.72. The van der Waals surface area contributed by atoms with Crippen molar-refractivity contribution >= 4 is 6.47 Å². The average molecular weight is 430 g/mol. The first-order valence-electron chi connectivity index (χ1n) is 8.72. The van der Waals surface area contributed by atoms with Crippen LogP contribution in [0.5, 0.6) is 0 Å². The molecule has 14 heteroatoms. The highest BCUT2D eigenvalue weighted by Crippen LogP contribution is 2.25. The Labute approximate surface area is 164 Å². The first kappa shape index (κ1) is 24.3. The van der Waals surface area contributed by atoms with Gasteiger partial charge >= 0.3 is 0 Å². The number of rotatable bonds is 9. The Kier molecular flexibility index (Phi) is 9.08. The number of hydrogen-bond acceptors (Lipinski definition) is 14. The lowest BCUT2D eigenvalue weighted by Crippen LogP contribution is -2.61. The molecule has 0 spiro atoms. The van der Waals surface area contributed by atoms with Crippen molar-refractivity contribution in [3.8, 4) is 0 Å². The second kappa shape index (κ2) is 10.9. The van der Waals surface area contributed by atoms with Crippen LogP contribution in [0, 0.1) is 0 Å². The molecule has 2 rings (SSSR count). The van der Waals surface area contributed by atoms with Crippen molar-refractivity contribution in [2.45, 2.75) is 67.7 Å². The van der Waals surface area contributed by atoms with Crippen LogP contribution in [0.3, 0.4) is 0 Å². The highest BCUT2D eigenvalue weighted by atomic mass is 16.8. The van der Waals surface area contributed by atoms with Crippen molar-refractivity contribution < 1.29 is 69.3 Å².